The molecule has 0 bridgehead atoms. The van der Waals surface area contributed by atoms with Crippen LogP contribution < -0.4 is 0 Å². The van der Waals surface area contributed by atoms with Crippen LogP contribution in [0.1, 0.15) is 36.8 Å². The van der Waals surface area contributed by atoms with E-state index < -0.39 is 5.97 Å². The van der Waals surface area contributed by atoms with Crippen LogP contribution in [0.2, 0.25) is 0 Å². The third-order valence-electron chi connectivity index (χ3n) is 4.62. The minimum atomic E-state index is -0.903. The zero-order valence-electron chi connectivity index (χ0n) is 12.8. The van der Waals surface area contributed by atoms with Gasteiger partial charge in [-0.1, -0.05) is 0 Å². The predicted molar refractivity (Wildman–Crippen MR) is 79.0 cm³/mol. The third-order valence-corrected chi connectivity index (χ3v) is 4.62. The van der Waals surface area contributed by atoms with Crippen LogP contribution in [0.5, 0.6) is 0 Å². The molecule has 0 spiro atoms. The van der Waals surface area contributed by atoms with Crippen molar-refractivity contribution in [1.29, 1.82) is 0 Å². The van der Waals surface area contributed by atoms with Gasteiger partial charge in [0.1, 0.15) is 12.4 Å². The van der Waals surface area contributed by atoms with E-state index in [-0.39, 0.29) is 17.9 Å². The summed E-state index contributed by atoms with van der Waals surface area (Å²) in [7, 11) is 0. The third kappa shape index (κ3) is 2.74. The van der Waals surface area contributed by atoms with Gasteiger partial charge in [0.25, 0.3) is 0 Å². The molecule has 2 fully saturated rings. The molecule has 1 aliphatic carbocycles. The van der Waals surface area contributed by atoms with Crippen LogP contribution >= 0.6 is 0 Å². The van der Waals surface area contributed by atoms with Crippen LogP contribution in [-0.4, -0.2) is 48.8 Å². The molecule has 23 heavy (non-hydrogen) atoms. The zero-order valence-corrected chi connectivity index (χ0v) is 12.8. The van der Waals surface area contributed by atoms with E-state index in [1.165, 1.54) is 0 Å². The Bertz CT molecular complexity index is 699. The number of carboxylic acid groups (broad SMARTS) is 1. The van der Waals surface area contributed by atoms with Gasteiger partial charge in [0, 0.05) is 30.3 Å². The van der Waals surface area contributed by atoms with Gasteiger partial charge < -0.3 is 9.84 Å². The summed E-state index contributed by atoms with van der Waals surface area (Å²) >= 11 is 0. The number of carboxylic acids is 1. The number of rotatable bonds is 6. The molecule has 0 amide bonds. The Kier molecular flexibility index (Phi) is 3.41. The van der Waals surface area contributed by atoms with E-state index in [2.05, 4.69) is 10.2 Å². The quantitative estimate of drug-likeness (QED) is 0.846. The lowest BCUT2D eigenvalue weighted by molar-refractivity contribution is -0.138. The summed E-state index contributed by atoms with van der Waals surface area (Å²) in [4.78, 5) is 15.9. The summed E-state index contributed by atoms with van der Waals surface area (Å²) in [5, 5.41) is 17.9. The lowest BCUT2D eigenvalue weighted by atomic mass is 10.1. The van der Waals surface area contributed by atoms with Crippen LogP contribution in [0.15, 0.2) is 18.5 Å². The minimum absolute atomic E-state index is 0.147. The number of ether oxygens (including phenoxy) is 1. The Labute approximate surface area is 133 Å². The first-order valence-corrected chi connectivity index (χ1v) is 7.88. The van der Waals surface area contributed by atoms with E-state index in [4.69, 9.17) is 9.72 Å². The maximum Gasteiger partial charge on any atom is 0.325 e. The molecule has 1 aliphatic heterocycles. The maximum atomic E-state index is 11.2. The fourth-order valence-electron chi connectivity index (χ4n) is 3.21. The smallest absolute Gasteiger partial charge is 0.325 e. The van der Waals surface area contributed by atoms with Gasteiger partial charge in [0.15, 0.2) is 5.82 Å². The SMILES string of the molecule is O=C(O)Cn1nc([C@@H]2CCOC2)nc1C1(Cn2cccn2)CC1. The number of aliphatic carboxylic acids is 1. The number of carbonyl (C=O) groups is 1. The predicted octanol–water partition coefficient (Wildman–Crippen LogP) is 0.795. The highest BCUT2D eigenvalue weighted by molar-refractivity contribution is 5.66. The van der Waals surface area contributed by atoms with Crippen molar-refractivity contribution in [3.05, 3.63) is 30.1 Å². The van der Waals surface area contributed by atoms with Gasteiger partial charge in [-0.2, -0.15) is 10.2 Å². The summed E-state index contributed by atoms with van der Waals surface area (Å²) in [5.41, 5.74) is -0.147. The Morgan fingerprint density at radius 1 is 1.48 bits per heavy atom. The molecule has 8 nitrogen and oxygen atoms in total. The van der Waals surface area contributed by atoms with Crippen LogP contribution in [0.25, 0.3) is 0 Å². The van der Waals surface area contributed by atoms with Gasteiger partial charge in [-0.25, -0.2) is 9.67 Å². The second-order valence-electron chi connectivity index (χ2n) is 6.39. The highest BCUT2D eigenvalue weighted by Gasteiger charge is 2.49. The van der Waals surface area contributed by atoms with E-state index in [1.807, 2.05) is 16.9 Å². The molecule has 1 saturated heterocycles. The fraction of sp³-hybridized carbons (Fsp3) is 0.600. The van der Waals surface area contributed by atoms with Crippen molar-refractivity contribution in [1.82, 2.24) is 24.5 Å². The van der Waals surface area contributed by atoms with Crippen LogP contribution in [0.4, 0.5) is 0 Å². The van der Waals surface area contributed by atoms with E-state index in [1.54, 1.807) is 10.9 Å². The number of nitrogens with zero attached hydrogens (tertiary/aromatic N) is 5. The van der Waals surface area contributed by atoms with Crippen molar-refractivity contribution in [2.75, 3.05) is 13.2 Å². The molecule has 1 saturated carbocycles. The minimum Gasteiger partial charge on any atom is -0.480 e. The molecule has 2 aromatic rings. The molecular formula is C15H19N5O3. The molecule has 1 atom stereocenters. The van der Waals surface area contributed by atoms with Crippen LogP contribution in [0, 0.1) is 0 Å². The number of aromatic nitrogens is 5. The first-order chi connectivity index (χ1) is 11.2. The van der Waals surface area contributed by atoms with Gasteiger partial charge in [0.2, 0.25) is 0 Å². The lowest BCUT2D eigenvalue weighted by Crippen LogP contribution is -2.24. The summed E-state index contributed by atoms with van der Waals surface area (Å²) in [5.74, 6) is 0.757. The van der Waals surface area contributed by atoms with E-state index in [9.17, 15) is 9.90 Å². The Balaban J connectivity index is 1.66. The van der Waals surface area contributed by atoms with Crippen molar-refractivity contribution in [2.45, 2.75) is 43.7 Å². The Hall–Kier alpha value is -2.22. The summed E-state index contributed by atoms with van der Waals surface area (Å²) in [6.07, 6.45) is 6.52. The number of hydrogen-bond donors (Lipinski definition) is 1. The van der Waals surface area contributed by atoms with Gasteiger partial charge in [0.05, 0.1) is 13.2 Å². The van der Waals surface area contributed by atoms with Crippen molar-refractivity contribution < 1.29 is 14.6 Å². The summed E-state index contributed by atoms with van der Waals surface area (Å²) in [6.45, 7) is 1.88. The van der Waals surface area contributed by atoms with E-state index >= 15 is 0 Å². The monoisotopic (exact) mass is 317 g/mol. The average Bonchev–Trinajstić information content (AvgIpc) is 2.98. The van der Waals surface area contributed by atoms with Crippen LogP contribution in [0.3, 0.4) is 0 Å². The van der Waals surface area contributed by atoms with Gasteiger partial charge in [-0.3, -0.25) is 9.48 Å². The topological polar surface area (TPSA) is 95.1 Å². The molecule has 0 radical (unpaired) electrons. The molecular weight excluding hydrogens is 298 g/mol. The van der Waals surface area contributed by atoms with Crippen molar-refractivity contribution in [3.8, 4) is 0 Å². The summed E-state index contributed by atoms with van der Waals surface area (Å²) in [6, 6.07) is 1.89. The fourth-order valence-corrected chi connectivity index (χ4v) is 3.21. The first kappa shape index (κ1) is 14.4. The second-order valence-corrected chi connectivity index (χ2v) is 6.39. The van der Waals surface area contributed by atoms with Crippen molar-refractivity contribution >= 4 is 5.97 Å². The van der Waals surface area contributed by atoms with Gasteiger partial charge >= 0.3 is 5.97 Å². The molecule has 2 aromatic heterocycles. The normalized spacial score (nSPS) is 22.3. The highest BCUT2D eigenvalue weighted by Crippen LogP contribution is 2.49. The molecule has 0 unspecified atom stereocenters. The van der Waals surface area contributed by atoms with Crippen molar-refractivity contribution in [3.63, 3.8) is 0 Å². The van der Waals surface area contributed by atoms with E-state index in [0.29, 0.717) is 25.6 Å². The van der Waals surface area contributed by atoms with E-state index in [0.717, 1.165) is 25.1 Å². The summed E-state index contributed by atoms with van der Waals surface area (Å²) < 4.78 is 8.85. The molecule has 2 aliphatic rings. The maximum absolute atomic E-state index is 11.2. The lowest BCUT2D eigenvalue weighted by Gasteiger charge is -2.15. The molecule has 8 heteroatoms. The number of hydrogen-bond acceptors (Lipinski definition) is 5. The standard InChI is InChI=1S/C15H19N5O3/c21-12(22)8-20-14(17-13(18-20)11-2-7-23-9-11)15(3-4-15)10-19-6-1-5-16-19/h1,5-6,11H,2-4,7-10H2,(H,21,22)/t11-/m1/s1. The average molecular weight is 317 g/mol. The molecule has 3 heterocycles. The zero-order chi connectivity index (χ0) is 15.9. The molecule has 4 rings (SSSR count). The van der Waals surface area contributed by atoms with Gasteiger partial charge in [-0.05, 0) is 25.3 Å². The molecule has 122 valence electrons. The second kappa shape index (κ2) is 5.45. The van der Waals surface area contributed by atoms with Gasteiger partial charge in [-0.15, -0.1) is 0 Å². The molecule has 0 aromatic carbocycles. The Morgan fingerprint density at radius 2 is 2.35 bits per heavy atom. The first-order valence-electron chi connectivity index (χ1n) is 7.88. The van der Waals surface area contributed by atoms with Crippen molar-refractivity contribution in [2.24, 2.45) is 0 Å². The highest BCUT2D eigenvalue weighted by atomic mass is 16.5. The van der Waals surface area contributed by atoms with Crippen LogP contribution in [-0.2, 0) is 28.0 Å². The Morgan fingerprint density at radius 3 is 2.96 bits per heavy atom. The molecule has 1 N–H and O–H groups in total. The largest absolute Gasteiger partial charge is 0.480 e.